The van der Waals surface area contributed by atoms with Gasteiger partial charge in [0, 0.05) is 32.1 Å². The third kappa shape index (κ3) is 3.80. The number of hydrogen-bond acceptors (Lipinski definition) is 4. The van der Waals surface area contributed by atoms with Gasteiger partial charge in [-0.15, -0.1) is 0 Å². The molecule has 1 aliphatic carbocycles. The van der Waals surface area contributed by atoms with Gasteiger partial charge >= 0.3 is 0 Å². The molecule has 148 valence electrons. The lowest BCUT2D eigenvalue weighted by molar-refractivity contribution is -0.126. The zero-order valence-electron chi connectivity index (χ0n) is 16.0. The fourth-order valence-corrected chi connectivity index (χ4v) is 3.93. The van der Waals surface area contributed by atoms with Crippen LogP contribution in [0, 0.1) is 5.92 Å². The summed E-state index contributed by atoms with van der Waals surface area (Å²) in [6.45, 7) is 2.03. The summed E-state index contributed by atoms with van der Waals surface area (Å²) in [5, 5.41) is 7.38. The maximum absolute atomic E-state index is 13.3. The van der Waals surface area contributed by atoms with Gasteiger partial charge in [-0.25, -0.2) is 4.68 Å². The molecule has 2 aromatic rings. The van der Waals surface area contributed by atoms with Gasteiger partial charge in [-0.3, -0.25) is 9.59 Å². The van der Waals surface area contributed by atoms with Crippen molar-refractivity contribution in [2.45, 2.75) is 31.6 Å². The maximum atomic E-state index is 13.3. The number of amides is 2. The second-order valence-corrected chi connectivity index (χ2v) is 7.64. The highest BCUT2D eigenvalue weighted by molar-refractivity contribution is 5.96. The lowest BCUT2D eigenvalue weighted by Crippen LogP contribution is -2.46. The van der Waals surface area contributed by atoms with E-state index in [2.05, 4.69) is 10.4 Å². The van der Waals surface area contributed by atoms with E-state index in [-0.39, 0.29) is 17.7 Å². The van der Waals surface area contributed by atoms with Gasteiger partial charge in [0.15, 0.2) is 0 Å². The quantitative estimate of drug-likeness (QED) is 0.796. The van der Waals surface area contributed by atoms with E-state index in [9.17, 15) is 9.59 Å². The Morgan fingerprint density at radius 1 is 1.18 bits per heavy atom. The Hall–Kier alpha value is -2.67. The van der Waals surface area contributed by atoms with Crippen LogP contribution in [0.2, 0.25) is 0 Å². The molecule has 1 unspecified atom stereocenters. The van der Waals surface area contributed by atoms with Crippen molar-refractivity contribution in [2.24, 2.45) is 11.7 Å². The van der Waals surface area contributed by atoms with Crippen LogP contribution in [0.5, 0.6) is 0 Å². The molecule has 1 aliphatic heterocycles. The van der Waals surface area contributed by atoms with Crippen molar-refractivity contribution in [3.8, 4) is 5.69 Å². The van der Waals surface area contributed by atoms with Gasteiger partial charge in [-0.05, 0) is 37.8 Å². The molecular weight excluding hydrogens is 354 g/mol. The van der Waals surface area contributed by atoms with Crippen LogP contribution in [0.4, 0.5) is 0 Å². The first-order valence-corrected chi connectivity index (χ1v) is 10.1. The number of benzene rings is 1. The van der Waals surface area contributed by atoms with Gasteiger partial charge in [-0.2, -0.15) is 5.10 Å². The predicted molar refractivity (Wildman–Crippen MR) is 106 cm³/mol. The molecule has 1 saturated heterocycles. The van der Waals surface area contributed by atoms with Gasteiger partial charge in [0.25, 0.3) is 5.91 Å². The maximum Gasteiger partial charge on any atom is 0.257 e. The van der Waals surface area contributed by atoms with Crippen molar-refractivity contribution in [3.63, 3.8) is 0 Å². The Balaban J connectivity index is 1.55. The molecule has 4 rings (SSSR count). The van der Waals surface area contributed by atoms with E-state index >= 15 is 0 Å². The van der Waals surface area contributed by atoms with Gasteiger partial charge in [-0.1, -0.05) is 18.2 Å². The zero-order chi connectivity index (χ0) is 19.5. The summed E-state index contributed by atoms with van der Waals surface area (Å²) in [4.78, 5) is 27.4. The first kappa shape index (κ1) is 18.7. The molecule has 2 heterocycles. The third-order valence-corrected chi connectivity index (χ3v) is 5.52. The van der Waals surface area contributed by atoms with Gasteiger partial charge in [0.1, 0.15) is 0 Å². The molecule has 0 radical (unpaired) electrons. The topological polar surface area (TPSA) is 93.2 Å². The normalized spacial score (nSPS) is 19.5. The van der Waals surface area contributed by atoms with Gasteiger partial charge in [0.05, 0.1) is 29.1 Å². The average Bonchev–Trinajstić information content (AvgIpc) is 3.50. The Morgan fingerprint density at radius 3 is 2.68 bits per heavy atom. The minimum absolute atomic E-state index is 0.00894. The second kappa shape index (κ2) is 8.14. The van der Waals surface area contributed by atoms with Crippen LogP contribution in [0.1, 0.15) is 47.7 Å². The molecule has 2 aliphatic rings. The van der Waals surface area contributed by atoms with Crippen molar-refractivity contribution < 1.29 is 9.59 Å². The average molecular weight is 381 g/mol. The zero-order valence-corrected chi connectivity index (χ0v) is 16.0. The summed E-state index contributed by atoms with van der Waals surface area (Å²) in [7, 11) is 0. The molecule has 1 aromatic carbocycles. The van der Waals surface area contributed by atoms with Gasteiger partial charge < -0.3 is 16.0 Å². The fourth-order valence-electron chi connectivity index (χ4n) is 3.93. The van der Waals surface area contributed by atoms with E-state index in [1.807, 2.05) is 39.9 Å². The number of nitrogens with one attached hydrogen (secondary N) is 1. The molecule has 0 bridgehead atoms. The van der Waals surface area contributed by atoms with Crippen molar-refractivity contribution in [2.75, 3.05) is 26.2 Å². The molecule has 2 fully saturated rings. The molecule has 3 N–H and O–H groups in total. The monoisotopic (exact) mass is 381 g/mol. The molecule has 7 heteroatoms. The van der Waals surface area contributed by atoms with Crippen LogP contribution in [-0.2, 0) is 4.79 Å². The van der Waals surface area contributed by atoms with Crippen molar-refractivity contribution in [3.05, 3.63) is 47.8 Å². The van der Waals surface area contributed by atoms with Crippen molar-refractivity contribution >= 4 is 11.8 Å². The van der Waals surface area contributed by atoms with Crippen LogP contribution >= 0.6 is 0 Å². The molecule has 0 spiro atoms. The number of nitrogens with two attached hydrogens (primary N) is 1. The van der Waals surface area contributed by atoms with E-state index in [1.165, 1.54) is 0 Å². The number of likely N-dealkylation sites (tertiary alicyclic amines) is 1. The summed E-state index contributed by atoms with van der Waals surface area (Å²) in [6, 6.07) is 9.94. The van der Waals surface area contributed by atoms with Crippen LogP contribution in [0.25, 0.3) is 5.69 Å². The first-order chi connectivity index (χ1) is 13.7. The SMILES string of the molecule is NCCNC(=O)C1CCCN(C(=O)c2cnn(-c3ccccc3)c2C2CC2)C1. The van der Waals surface area contributed by atoms with E-state index < -0.39 is 0 Å². The summed E-state index contributed by atoms with van der Waals surface area (Å²) < 4.78 is 1.90. The fraction of sp³-hybridized carbons (Fsp3) is 0.476. The van der Waals surface area contributed by atoms with Crippen LogP contribution < -0.4 is 11.1 Å². The third-order valence-electron chi connectivity index (χ3n) is 5.52. The summed E-state index contributed by atoms with van der Waals surface area (Å²) >= 11 is 0. The van der Waals surface area contributed by atoms with E-state index in [1.54, 1.807) is 6.20 Å². The highest BCUT2D eigenvalue weighted by Crippen LogP contribution is 2.42. The van der Waals surface area contributed by atoms with Crippen LogP contribution in [0.3, 0.4) is 0 Å². The number of carbonyl (C=O) groups is 2. The molecule has 28 heavy (non-hydrogen) atoms. The lowest BCUT2D eigenvalue weighted by Gasteiger charge is -2.32. The number of aromatic nitrogens is 2. The summed E-state index contributed by atoms with van der Waals surface area (Å²) in [5.41, 5.74) is 8.12. The highest BCUT2D eigenvalue weighted by Gasteiger charge is 2.36. The standard InChI is InChI=1S/C21H27N5O2/c22-10-11-23-20(27)16-5-4-12-25(14-16)21(28)18-13-24-26(19(18)15-8-9-15)17-6-2-1-3-7-17/h1-3,6-7,13,15-16H,4-5,8-12,14,22H2,(H,23,27). The minimum atomic E-state index is -0.169. The Kier molecular flexibility index (Phi) is 5.43. The van der Waals surface area contributed by atoms with Crippen molar-refractivity contribution in [1.82, 2.24) is 20.0 Å². The lowest BCUT2D eigenvalue weighted by atomic mass is 9.96. The minimum Gasteiger partial charge on any atom is -0.355 e. The van der Waals surface area contributed by atoms with Crippen LogP contribution in [-0.4, -0.2) is 52.7 Å². The predicted octanol–water partition coefficient (Wildman–Crippen LogP) is 1.68. The Labute approximate surface area is 164 Å². The molecular formula is C21H27N5O2. The number of piperidine rings is 1. The number of rotatable bonds is 6. The number of hydrogen-bond donors (Lipinski definition) is 2. The number of para-hydroxylation sites is 1. The number of nitrogens with zero attached hydrogens (tertiary/aromatic N) is 3. The smallest absolute Gasteiger partial charge is 0.257 e. The molecule has 1 saturated carbocycles. The second-order valence-electron chi connectivity index (χ2n) is 7.64. The molecule has 1 atom stereocenters. The largest absolute Gasteiger partial charge is 0.355 e. The summed E-state index contributed by atoms with van der Waals surface area (Å²) in [5.74, 6) is 0.193. The van der Waals surface area contributed by atoms with Gasteiger partial charge in [0.2, 0.25) is 5.91 Å². The molecule has 7 nitrogen and oxygen atoms in total. The molecule has 2 amide bonds. The van der Waals surface area contributed by atoms with E-state index in [0.717, 1.165) is 37.1 Å². The first-order valence-electron chi connectivity index (χ1n) is 10.1. The van der Waals surface area contributed by atoms with Crippen molar-refractivity contribution in [1.29, 1.82) is 0 Å². The Morgan fingerprint density at radius 2 is 1.96 bits per heavy atom. The van der Waals surface area contributed by atoms with E-state index in [4.69, 9.17) is 5.73 Å². The van der Waals surface area contributed by atoms with Crippen LogP contribution in [0.15, 0.2) is 36.5 Å². The number of carbonyl (C=O) groups excluding carboxylic acids is 2. The molecule has 1 aromatic heterocycles. The Bertz CT molecular complexity index is 844. The summed E-state index contributed by atoms with van der Waals surface area (Å²) in [6.07, 6.45) is 5.50. The van der Waals surface area contributed by atoms with E-state index in [0.29, 0.717) is 37.7 Å². The highest BCUT2D eigenvalue weighted by atomic mass is 16.2.